The number of carbonyl (C=O) groups excluding carboxylic acids is 1. The van der Waals surface area contributed by atoms with E-state index in [2.05, 4.69) is 22.5 Å². The van der Waals surface area contributed by atoms with Gasteiger partial charge in [-0.05, 0) is 18.1 Å². The van der Waals surface area contributed by atoms with Crippen LogP contribution in [0.3, 0.4) is 0 Å². The lowest BCUT2D eigenvalue weighted by Crippen LogP contribution is -2.28. The molecule has 0 aromatic carbocycles. The molecule has 2 rings (SSSR count). The second kappa shape index (κ2) is 5.48. The summed E-state index contributed by atoms with van der Waals surface area (Å²) in [6, 6.07) is 1.94. The quantitative estimate of drug-likeness (QED) is 0.771. The van der Waals surface area contributed by atoms with Crippen LogP contribution in [-0.4, -0.2) is 17.4 Å². The van der Waals surface area contributed by atoms with Crippen molar-refractivity contribution in [3.8, 4) is 0 Å². The van der Waals surface area contributed by atoms with Gasteiger partial charge in [0.2, 0.25) is 0 Å². The van der Waals surface area contributed by atoms with Crippen molar-refractivity contribution in [2.24, 2.45) is 0 Å². The van der Waals surface area contributed by atoms with Gasteiger partial charge in [0.25, 0.3) is 5.91 Å². The molecule has 0 saturated heterocycles. The van der Waals surface area contributed by atoms with E-state index in [0.717, 1.165) is 37.1 Å². The molecule has 17 heavy (non-hydrogen) atoms. The van der Waals surface area contributed by atoms with Crippen LogP contribution in [0.1, 0.15) is 30.9 Å². The minimum atomic E-state index is -0.0279. The molecule has 2 N–H and O–H groups in total. The predicted molar refractivity (Wildman–Crippen MR) is 67.0 cm³/mol. The maximum Gasteiger partial charge on any atom is 0.253 e. The van der Waals surface area contributed by atoms with Crippen LogP contribution in [0, 0.1) is 0 Å². The fourth-order valence-electron chi connectivity index (χ4n) is 1.82. The third-order valence-corrected chi connectivity index (χ3v) is 2.80. The van der Waals surface area contributed by atoms with Crippen molar-refractivity contribution in [3.63, 3.8) is 0 Å². The van der Waals surface area contributed by atoms with Crippen LogP contribution in [0.2, 0.25) is 0 Å². The van der Waals surface area contributed by atoms with E-state index < -0.39 is 0 Å². The minimum Gasteiger partial charge on any atom is -0.386 e. The number of amides is 1. The molecule has 0 radical (unpaired) electrons. The zero-order valence-corrected chi connectivity index (χ0v) is 9.99. The Bertz CT molecular complexity index is 440. The maximum atomic E-state index is 12.0. The van der Waals surface area contributed by atoms with Crippen LogP contribution in [0.25, 0.3) is 5.57 Å². The Morgan fingerprint density at radius 1 is 1.59 bits per heavy atom. The first kappa shape index (κ1) is 11.6. The zero-order chi connectivity index (χ0) is 12.1. The van der Waals surface area contributed by atoms with Gasteiger partial charge < -0.3 is 10.6 Å². The number of fused-ring (bicyclic) bond motifs is 1. The van der Waals surface area contributed by atoms with E-state index in [-0.39, 0.29) is 5.91 Å². The summed E-state index contributed by atoms with van der Waals surface area (Å²) in [5.41, 5.74) is 2.72. The first-order valence-electron chi connectivity index (χ1n) is 5.98. The molecule has 1 amide bonds. The predicted octanol–water partition coefficient (Wildman–Crippen LogP) is 1.44. The molecular formula is C13H17N3O. The van der Waals surface area contributed by atoms with Crippen molar-refractivity contribution in [2.75, 3.05) is 6.54 Å². The lowest BCUT2D eigenvalue weighted by atomic mass is 9.99. The van der Waals surface area contributed by atoms with Crippen LogP contribution in [0.5, 0.6) is 0 Å². The molecule has 0 atom stereocenters. The average Bonchev–Trinajstić information content (AvgIpc) is 2.38. The molecule has 1 aliphatic rings. The van der Waals surface area contributed by atoms with Crippen molar-refractivity contribution in [1.82, 2.24) is 15.6 Å². The normalized spacial score (nSPS) is 13.4. The molecule has 90 valence electrons. The minimum absolute atomic E-state index is 0.0279. The second-order valence-electron chi connectivity index (χ2n) is 4.08. The Hall–Kier alpha value is -1.84. The first-order valence-corrected chi connectivity index (χ1v) is 5.98. The molecule has 2 heterocycles. The smallest absolute Gasteiger partial charge is 0.253 e. The summed E-state index contributed by atoms with van der Waals surface area (Å²) in [4.78, 5) is 16.1. The highest BCUT2D eigenvalue weighted by Gasteiger charge is 2.18. The molecule has 4 heteroatoms. The number of hydrogen-bond donors (Lipinski definition) is 2. The molecule has 0 saturated carbocycles. The number of unbranched alkanes of at least 4 members (excludes halogenated alkanes) is 1. The Labute approximate surface area is 101 Å². The molecular weight excluding hydrogens is 214 g/mol. The fourth-order valence-corrected chi connectivity index (χ4v) is 1.82. The summed E-state index contributed by atoms with van der Waals surface area (Å²) >= 11 is 0. The number of carbonyl (C=O) groups is 1. The van der Waals surface area contributed by atoms with Crippen LogP contribution >= 0.6 is 0 Å². The fraction of sp³-hybridized carbons (Fsp3) is 0.385. The largest absolute Gasteiger partial charge is 0.386 e. The van der Waals surface area contributed by atoms with E-state index in [4.69, 9.17) is 0 Å². The summed E-state index contributed by atoms with van der Waals surface area (Å²) in [6.45, 7) is 3.58. The highest BCUT2D eigenvalue weighted by molar-refractivity contribution is 6.20. The summed E-state index contributed by atoms with van der Waals surface area (Å²) in [6.07, 6.45) is 7.35. The van der Waals surface area contributed by atoms with Gasteiger partial charge >= 0.3 is 0 Å². The van der Waals surface area contributed by atoms with Gasteiger partial charge in [0.1, 0.15) is 0 Å². The standard InChI is InChI=1S/C13H17N3O/c1-2-3-5-16-13(17)12-9-15-7-10-4-6-14-8-11(10)12/h4,6,8-9,15H,2-3,5,7H2,1H3,(H,16,17). The molecule has 0 bridgehead atoms. The molecule has 0 spiro atoms. The van der Waals surface area contributed by atoms with Gasteiger partial charge in [0, 0.05) is 37.2 Å². The van der Waals surface area contributed by atoms with Gasteiger partial charge in [0.05, 0.1) is 5.57 Å². The lowest BCUT2D eigenvalue weighted by Gasteiger charge is -2.17. The van der Waals surface area contributed by atoms with E-state index in [9.17, 15) is 4.79 Å². The number of pyridine rings is 1. The summed E-state index contributed by atoms with van der Waals surface area (Å²) in [5, 5.41) is 6.03. The zero-order valence-electron chi connectivity index (χ0n) is 9.99. The monoisotopic (exact) mass is 231 g/mol. The maximum absolute atomic E-state index is 12.0. The topological polar surface area (TPSA) is 54.0 Å². The summed E-state index contributed by atoms with van der Waals surface area (Å²) in [7, 11) is 0. The number of nitrogens with zero attached hydrogens (tertiary/aromatic N) is 1. The number of aromatic nitrogens is 1. The summed E-state index contributed by atoms with van der Waals surface area (Å²) in [5.74, 6) is -0.0279. The van der Waals surface area contributed by atoms with E-state index in [1.807, 2.05) is 6.07 Å². The molecule has 1 aromatic heterocycles. The number of nitrogens with one attached hydrogen (secondary N) is 2. The Kier molecular flexibility index (Phi) is 3.75. The van der Waals surface area contributed by atoms with Crippen LogP contribution in [0.15, 0.2) is 24.7 Å². The Balaban J connectivity index is 2.11. The van der Waals surface area contributed by atoms with Crippen molar-refractivity contribution in [3.05, 3.63) is 35.8 Å². The highest BCUT2D eigenvalue weighted by Crippen LogP contribution is 2.21. The van der Waals surface area contributed by atoms with Crippen LogP contribution < -0.4 is 10.6 Å². The van der Waals surface area contributed by atoms with E-state index >= 15 is 0 Å². The molecule has 1 aromatic rings. The third kappa shape index (κ3) is 2.64. The lowest BCUT2D eigenvalue weighted by molar-refractivity contribution is -0.115. The molecule has 0 fully saturated rings. The molecule has 0 unspecified atom stereocenters. The average molecular weight is 231 g/mol. The third-order valence-electron chi connectivity index (χ3n) is 2.80. The molecule has 1 aliphatic heterocycles. The van der Waals surface area contributed by atoms with Crippen molar-refractivity contribution in [2.45, 2.75) is 26.3 Å². The SMILES string of the molecule is CCCCNC(=O)C1=CNCc2ccncc21. The van der Waals surface area contributed by atoms with Gasteiger partial charge in [-0.3, -0.25) is 9.78 Å². The van der Waals surface area contributed by atoms with Crippen molar-refractivity contribution < 1.29 is 4.79 Å². The van der Waals surface area contributed by atoms with Crippen LogP contribution in [0.4, 0.5) is 0 Å². The van der Waals surface area contributed by atoms with E-state index in [1.165, 1.54) is 0 Å². The van der Waals surface area contributed by atoms with Crippen molar-refractivity contribution >= 4 is 11.5 Å². The Morgan fingerprint density at radius 2 is 2.47 bits per heavy atom. The first-order chi connectivity index (χ1) is 8.33. The van der Waals surface area contributed by atoms with E-state index in [1.54, 1.807) is 18.6 Å². The Morgan fingerprint density at radius 3 is 3.29 bits per heavy atom. The molecule has 4 nitrogen and oxygen atoms in total. The van der Waals surface area contributed by atoms with Gasteiger partial charge in [-0.15, -0.1) is 0 Å². The molecule has 0 aliphatic carbocycles. The van der Waals surface area contributed by atoms with Gasteiger partial charge in [-0.1, -0.05) is 13.3 Å². The van der Waals surface area contributed by atoms with Gasteiger partial charge in [-0.25, -0.2) is 0 Å². The van der Waals surface area contributed by atoms with E-state index in [0.29, 0.717) is 5.57 Å². The summed E-state index contributed by atoms with van der Waals surface area (Å²) < 4.78 is 0. The second-order valence-corrected chi connectivity index (χ2v) is 4.08. The van der Waals surface area contributed by atoms with Crippen molar-refractivity contribution in [1.29, 1.82) is 0 Å². The number of rotatable bonds is 4. The van der Waals surface area contributed by atoms with Crippen LogP contribution in [-0.2, 0) is 11.3 Å². The number of hydrogen-bond acceptors (Lipinski definition) is 3. The van der Waals surface area contributed by atoms with Gasteiger partial charge in [0.15, 0.2) is 0 Å². The highest BCUT2D eigenvalue weighted by atomic mass is 16.1. The van der Waals surface area contributed by atoms with Gasteiger partial charge in [-0.2, -0.15) is 0 Å².